The first-order chi connectivity index (χ1) is 10.5. The topological polar surface area (TPSA) is 55.2 Å². The zero-order valence-corrected chi connectivity index (χ0v) is 14.3. The number of rotatable bonds is 4. The highest BCUT2D eigenvalue weighted by atomic mass is 32.2. The molecule has 0 unspecified atom stereocenters. The van der Waals surface area contributed by atoms with Crippen molar-refractivity contribution in [1.29, 1.82) is 0 Å². The molecule has 0 bridgehead atoms. The van der Waals surface area contributed by atoms with Crippen molar-refractivity contribution in [1.82, 2.24) is 13.3 Å². The maximum absolute atomic E-state index is 12.3. The maximum Gasteiger partial charge on any atom is 0.308 e. The molecule has 0 amide bonds. The highest BCUT2D eigenvalue weighted by Gasteiger charge is 2.20. The average Bonchev–Trinajstić information content (AvgIpc) is 2.96. The second-order valence-electron chi connectivity index (χ2n) is 5.54. The van der Waals surface area contributed by atoms with Gasteiger partial charge in [-0.05, 0) is 35.8 Å². The summed E-state index contributed by atoms with van der Waals surface area (Å²) in [6, 6.07) is 6.42. The molecular formula is C15H19N3O2S2. The van der Waals surface area contributed by atoms with Gasteiger partial charge in [0.25, 0.3) is 0 Å². The highest BCUT2D eigenvalue weighted by molar-refractivity contribution is 7.99. The van der Waals surface area contributed by atoms with E-state index in [0.29, 0.717) is 12.1 Å². The van der Waals surface area contributed by atoms with Crippen LogP contribution in [-0.2, 0) is 23.1 Å². The Morgan fingerprint density at radius 2 is 2.18 bits per heavy atom. The predicted molar refractivity (Wildman–Crippen MR) is 88.5 cm³/mol. The molecule has 0 saturated carbocycles. The number of fused-ring (bicyclic) bond motifs is 1. The summed E-state index contributed by atoms with van der Waals surface area (Å²) in [6.45, 7) is 0. The van der Waals surface area contributed by atoms with Crippen molar-refractivity contribution in [3.8, 4) is 0 Å². The molecule has 0 aliphatic carbocycles. The summed E-state index contributed by atoms with van der Waals surface area (Å²) in [6.07, 6.45) is 5.85. The largest absolute Gasteiger partial charge is 0.308 e. The van der Waals surface area contributed by atoms with Gasteiger partial charge in [0.05, 0.1) is 5.69 Å². The van der Waals surface area contributed by atoms with Crippen LogP contribution in [0.5, 0.6) is 0 Å². The van der Waals surface area contributed by atoms with Crippen molar-refractivity contribution in [2.24, 2.45) is 0 Å². The fourth-order valence-corrected chi connectivity index (χ4v) is 4.50. The molecule has 1 aliphatic rings. The second-order valence-corrected chi connectivity index (χ2v) is 8.70. The van der Waals surface area contributed by atoms with Crippen LogP contribution >= 0.6 is 11.8 Å². The number of nitrogens with zero attached hydrogens (tertiary/aromatic N) is 3. The number of imidazole rings is 1. The lowest BCUT2D eigenvalue weighted by Gasteiger charge is -2.17. The molecule has 5 nitrogen and oxygen atoms in total. The van der Waals surface area contributed by atoms with Crippen LogP contribution in [0.4, 0.5) is 0 Å². The third-order valence-electron chi connectivity index (χ3n) is 3.75. The summed E-state index contributed by atoms with van der Waals surface area (Å²) < 4.78 is 27.0. The van der Waals surface area contributed by atoms with Gasteiger partial charge in [0.15, 0.2) is 0 Å². The van der Waals surface area contributed by atoms with Gasteiger partial charge in [0.2, 0.25) is 0 Å². The first-order valence-electron chi connectivity index (χ1n) is 7.17. The van der Waals surface area contributed by atoms with E-state index in [4.69, 9.17) is 0 Å². The van der Waals surface area contributed by atoms with E-state index < -0.39 is 10.2 Å². The first-order valence-corrected chi connectivity index (χ1v) is 9.55. The molecule has 0 N–H and O–H groups in total. The van der Waals surface area contributed by atoms with E-state index >= 15 is 0 Å². The van der Waals surface area contributed by atoms with Crippen LogP contribution in [0.1, 0.15) is 23.2 Å². The van der Waals surface area contributed by atoms with Gasteiger partial charge in [0, 0.05) is 31.6 Å². The van der Waals surface area contributed by atoms with Gasteiger partial charge in [-0.2, -0.15) is 12.7 Å². The van der Waals surface area contributed by atoms with Crippen LogP contribution in [-0.4, -0.2) is 41.5 Å². The Morgan fingerprint density at radius 3 is 2.95 bits per heavy atom. The molecule has 2 aromatic rings. The quantitative estimate of drug-likeness (QED) is 0.858. The van der Waals surface area contributed by atoms with Crippen molar-refractivity contribution < 1.29 is 8.42 Å². The standard InChI is InChI=1S/C15H19N3O2S2/c1-17(2)22(19,20)18-11-16-10-14(18)9-12-5-6-15-13(8-12)4-3-7-21-15/h5-6,8,10-11H,3-4,7,9H2,1-2H3. The zero-order chi connectivity index (χ0) is 15.7. The summed E-state index contributed by atoms with van der Waals surface area (Å²) in [7, 11) is -0.472. The Hall–Kier alpha value is -1.31. The molecule has 0 fully saturated rings. The van der Waals surface area contributed by atoms with Crippen molar-refractivity contribution in [3.63, 3.8) is 0 Å². The third kappa shape index (κ3) is 2.93. The minimum absolute atomic E-state index is 0.561. The Labute approximate surface area is 135 Å². The van der Waals surface area contributed by atoms with Crippen LogP contribution in [0.2, 0.25) is 0 Å². The maximum atomic E-state index is 12.3. The number of aryl methyl sites for hydroxylation is 1. The van der Waals surface area contributed by atoms with E-state index in [2.05, 4.69) is 23.2 Å². The SMILES string of the molecule is CN(C)S(=O)(=O)n1cncc1Cc1ccc2c(c1)CCCS2. The predicted octanol–water partition coefficient (Wildman–Crippen LogP) is 2.17. The van der Waals surface area contributed by atoms with Gasteiger partial charge in [-0.1, -0.05) is 12.1 Å². The van der Waals surface area contributed by atoms with Crippen molar-refractivity contribution in [3.05, 3.63) is 47.5 Å². The molecule has 2 heterocycles. The lowest BCUT2D eigenvalue weighted by Crippen LogP contribution is -2.29. The Kier molecular flexibility index (Phi) is 4.29. The van der Waals surface area contributed by atoms with E-state index in [1.54, 1.807) is 6.20 Å². The van der Waals surface area contributed by atoms with E-state index in [1.165, 1.54) is 51.3 Å². The molecule has 7 heteroatoms. The first kappa shape index (κ1) is 15.6. The highest BCUT2D eigenvalue weighted by Crippen LogP contribution is 2.31. The average molecular weight is 337 g/mol. The van der Waals surface area contributed by atoms with Gasteiger partial charge in [-0.15, -0.1) is 11.8 Å². The Bertz CT molecular complexity index is 782. The van der Waals surface area contributed by atoms with Gasteiger partial charge >= 0.3 is 10.2 Å². The smallest absolute Gasteiger partial charge is 0.244 e. The van der Waals surface area contributed by atoms with Crippen LogP contribution in [0, 0.1) is 0 Å². The van der Waals surface area contributed by atoms with Crippen molar-refractivity contribution >= 4 is 22.0 Å². The Morgan fingerprint density at radius 1 is 1.36 bits per heavy atom. The summed E-state index contributed by atoms with van der Waals surface area (Å²) >= 11 is 1.90. The fraction of sp³-hybridized carbons (Fsp3) is 0.400. The third-order valence-corrected chi connectivity index (χ3v) is 6.70. The molecule has 3 rings (SSSR count). The van der Waals surface area contributed by atoms with E-state index in [9.17, 15) is 8.42 Å². The number of aromatic nitrogens is 2. The van der Waals surface area contributed by atoms with Crippen LogP contribution in [0.15, 0.2) is 35.6 Å². The number of thioether (sulfide) groups is 1. The lowest BCUT2D eigenvalue weighted by atomic mass is 10.0. The van der Waals surface area contributed by atoms with Gasteiger partial charge in [0.1, 0.15) is 6.33 Å². The molecular weight excluding hydrogens is 318 g/mol. The van der Waals surface area contributed by atoms with E-state index in [-0.39, 0.29) is 0 Å². The van der Waals surface area contributed by atoms with Gasteiger partial charge < -0.3 is 0 Å². The fourth-order valence-electron chi connectivity index (χ4n) is 2.55. The second kappa shape index (κ2) is 6.06. The van der Waals surface area contributed by atoms with Crippen LogP contribution in [0.25, 0.3) is 0 Å². The molecule has 1 aromatic heterocycles. The molecule has 1 aliphatic heterocycles. The minimum Gasteiger partial charge on any atom is -0.244 e. The molecule has 0 spiro atoms. The molecule has 1 aromatic carbocycles. The normalized spacial score (nSPS) is 15.0. The van der Waals surface area contributed by atoms with Gasteiger partial charge in [-0.25, -0.2) is 8.96 Å². The summed E-state index contributed by atoms with van der Waals surface area (Å²) in [4.78, 5) is 5.36. The molecule has 0 atom stereocenters. The van der Waals surface area contributed by atoms with Crippen LogP contribution < -0.4 is 0 Å². The monoisotopic (exact) mass is 337 g/mol. The number of hydrogen-bond donors (Lipinski definition) is 0. The van der Waals surface area contributed by atoms with Gasteiger partial charge in [-0.3, -0.25) is 0 Å². The minimum atomic E-state index is -3.52. The number of hydrogen-bond acceptors (Lipinski definition) is 4. The molecule has 22 heavy (non-hydrogen) atoms. The molecule has 118 valence electrons. The lowest BCUT2D eigenvalue weighted by molar-refractivity contribution is 0.509. The van der Waals surface area contributed by atoms with Crippen LogP contribution in [0.3, 0.4) is 0 Å². The van der Waals surface area contributed by atoms with E-state index in [0.717, 1.165) is 12.0 Å². The summed E-state index contributed by atoms with van der Waals surface area (Å²) in [5.74, 6) is 1.18. The summed E-state index contributed by atoms with van der Waals surface area (Å²) in [5, 5.41) is 0. The molecule has 0 radical (unpaired) electrons. The number of benzene rings is 1. The summed E-state index contributed by atoms with van der Waals surface area (Å²) in [5.41, 5.74) is 3.17. The van der Waals surface area contributed by atoms with E-state index in [1.807, 2.05) is 11.8 Å². The molecule has 0 saturated heterocycles. The van der Waals surface area contributed by atoms with Crippen molar-refractivity contribution in [2.45, 2.75) is 24.2 Å². The van der Waals surface area contributed by atoms with Crippen molar-refractivity contribution in [2.75, 3.05) is 19.8 Å². The zero-order valence-electron chi connectivity index (χ0n) is 12.7. The Balaban J connectivity index is 1.90.